The molecule has 2 heteroatoms. The van der Waals surface area contributed by atoms with E-state index < -0.39 is 5.54 Å². The van der Waals surface area contributed by atoms with E-state index in [2.05, 4.69) is 0 Å². The maximum Gasteiger partial charge on any atom is 0.144 e. The lowest BCUT2D eigenvalue weighted by molar-refractivity contribution is -0.116. The van der Waals surface area contributed by atoms with Crippen LogP contribution >= 0.6 is 0 Å². The second-order valence-corrected chi connectivity index (χ2v) is 3.53. The number of hydrogen-bond acceptors (Lipinski definition) is 2. The van der Waals surface area contributed by atoms with Gasteiger partial charge in [0.2, 0.25) is 0 Å². The van der Waals surface area contributed by atoms with Crippen molar-refractivity contribution in [3.8, 4) is 0 Å². The number of carbonyl (C=O) groups excluding carboxylic acids is 1. The van der Waals surface area contributed by atoms with Crippen LogP contribution in [-0.4, -0.2) is 25.3 Å². The van der Waals surface area contributed by atoms with Crippen LogP contribution in [0.25, 0.3) is 0 Å². The summed E-state index contributed by atoms with van der Waals surface area (Å²) >= 11 is 0. The summed E-state index contributed by atoms with van der Waals surface area (Å²) in [7, 11) is 3.81. The van der Waals surface area contributed by atoms with Crippen LogP contribution in [0.4, 0.5) is 0 Å². The summed E-state index contributed by atoms with van der Waals surface area (Å²) in [6.07, 6.45) is 0.975. The molecule has 0 aliphatic carbocycles. The Bertz CT molecular complexity index is 281. The van der Waals surface area contributed by atoms with Gasteiger partial charge in [-0.3, -0.25) is 4.90 Å². The largest absolute Gasteiger partial charge is 0.301 e. The number of likely N-dealkylation sites (N-methyl/N-ethyl adjacent to an activating group) is 1. The van der Waals surface area contributed by atoms with Crippen molar-refractivity contribution < 1.29 is 4.79 Å². The van der Waals surface area contributed by atoms with Crippen LogP contribution in [0.1, 0.15) is 12.5 Å². The van der Waals surface area contributed by atoms with Gasteiger partial charge in [-0.15, -0.1) is 0 Å². The van der Waals surface area contributed by atoms with Gasteiger partial charge in [0, 0.05) is 0 Å². The summed E-state index contributed by atoms with van der Waals surface area (Å²) in [5.41, 5.74) is 0.511. The van der Waals surface area contributed by atoms with Crippen molar-refractivity contribution in [2.45, 2.75) is 12.5 Å². The maximum absolute atomic E-state index is 11.0. The van der Waals surface area contributed by atoms with Crippen LogP contribution in [0.15, 0.2) is 30.3 Å². The van der Waals surface area contributed by atoms with Crippen molar-refractivity contribution in [1.82, 2.24) is 4.90 Å². The van der Waals surface area contributed by atoms with Crippen molar-refractivity contribution in [3.05, 3.63) is 35.9 Å². The van der Waals surface area contributed by atoms with Gasteiger partial charge < -0.3 is 4.79 Å². The number of carbonyl (C=O) groups is 1. The Kier molecular flexibility index (Phi) is 2.83. The molecule has 13 heavy (non-hydrogen) atoms. The number of rotatable bonds is 3. The molecule has 0 unspecified atom stereocenters. The third kappa shape index (κ3) is 1.78. The zero-order valence-corrected chi connectivity index (χ0v) is 8.32. The second kappa shape index (κ2) is 3.71. The molecule has 1 rings (SSSR count). The first-order valence-corrected chi connectivity index (χ1v) is 4.30. The third-order valence-corrected chi connectivity index (χ3v) is 2.52. The Morgan fingerprint density at radius 2 is 1.77 bits per heavy atom. The molecule has 0 aromatic heterocycles. The van der Waals surface area contributed by atoms with Crippen LogP contribution < -0.4 is 0 Å². The molecule has 0 radical (unpaired) electrons. The molecule has 1 aromatic rings. The van der Waals surface area contributed by atoms with Crippen LogP contribution in [0.3, 0.4) is 0 Å². The van der Waals surface area contributed by atoms with Crippen molar-refractivity contribution in [2.24, 2.45) is 0 Å². The predicted octanol–water partition coefficient (Wildman–Crippen LogP) is 1.66. The highest BCUT2D eigenvalue weighted by atomic mass is 16.1. The predicted molar refractivity (Wildman–Crippen MR) is 53.5 cm³/mol. The molecule has 0 bridgehead atoms. The summed E-state index contributed by atoms with van der Waals surface area (Å²) in [5, 5.41) is 0. The van der Waals surface area contributed by atoms with E-state index >= 15 is 0 Å². The molecule has 1 aromatic carbocycles. The molecule has 0 heterocycles. The minimum Gasteiger partial charge on any atom is -0.301 e. The Balaban J connectivity index is 3.10. The minimum absolute atomic E-state index is 0.513. The molecule has 70 valence electrons. The molecular formula is C11H15NO. The summed E-state index contributed by atoms with van der Waals surface area (Å²) in [6.45, 7) is 1.91. The van der Waals surface area contributed by atoms with E-state index in [1.54, 1.807) is 0 Å². The molecule has 0 saturated heterocycles. The molecule has 0 aliphatic heterocycles. The number of benzene rings is 1. The van der Waals surface area contributed by atoms with Gasteiger partial charge >= 0.3 is 0 Å². The molecule has 0 spiro atoms. The highest BCUT2D eigenvalue weighted by molar-refractivity contribution is 5.67. The van der Waals surface area contributed by atoms with Gasteiger partial charge in [-0.05, 0) is 26.6 Å². The van der Waals surface area contributed by atoms with Gasteiger partial charge in [0.15, 0.2) is 0 Å². The van der Waals surface area contributed by atoms with Gasteiger partial charge in [0.05, 0.1) is 5.54 Å². The molecule has 0 saturated carbocycles. The molecule has 0 aliphatic rings. The van der Waals surface area contributed by atoms with Gasteiger partial charge in [-0.25, -0.2) is 0 Å². The van der Waals surface area contributed by atoms with Crippen LogP contribution in [-0.2, 0) is 10.3 Å². The van der Waals surface area contributed by atoms with Crippen molar-refractivity contribution in [1.29, 1.82) is 0 Å². The zero-order chi connectivity index (χ0) is 9.90. The van der Waals surface area contributed by atoms with Crippen molar-refractivity contribution in [2.75, 3.05) is 14.1 Å². The fraction of sp³-hybridized carbons (Fsp3) is 0.364. The normalized spacial score (nSPS) is 15.4. The SMILES string of the molecule is CN(C)[C@](C)(C=O)c1ccccc1. The smallest absolute Gasteiger partial charge is 0.144 e. The van der Waals surface area contributed by atoms with Crippen molar-refractivity contribution in [3.63, 3.8) is 0 Å². The van der Waals surface area contributed by atoms with Crippen molar-refractivity contribution >= 4 is 6.29 Å². The quantitative estimate of drug-likeness (QED) is 0.654. The summed E-state index contributed by atoms with van der Waals surface area (Å²) in [4.78, 5) is 12.9. The number of nitrogens with zero attached hydrogens (tertiary/aromatic N) is 1. The first kappa shape index (κ1) is 9.93. The molecule has 0 amide bonds. The van der Waals surface area contributed by atoms with E-state index in [0.29, 0.717) is 0 Å². The van der Waals surface area contributed by atoms with E-state index in [-0.39, 0.29) is 0 Å². The first-order valence-electron chi connectivity index (χ1n) is 4.30. The highest BCUT2D eigenvalue weighted by Crippen LogP contribution is 2.22. The first-order chi connectivity index (χ1) is 6.11. The fourth-order valence-corrected chi connectivity index (χ4v) is 1.21. The van der Waals surface area contributed by atoms with E-state index in [0.717, 1.165) is 11.8 Å². The minimum atomic E-state index is -0.513. The van der Waals surface area contributed by atoms with E-state index in [9.17, 15) is 4.79 Å². The summed E-state index contributed by atoms with van der Waals surface area (Å²) in [6, 6.07) is 9.77. The lowest BCUT2D eigenvalue weighted by Gasteiger charge is -2.31. The lowest BCUT2D eigenvalue weighted by atomic mass is 9.93. The Morgan fingerprint density at radius 1 is 1.23 bits per heavy atom. The topological polar surface area (TPSA) is 20.3 Å². The van der Waals surface area contributed by atoms with Gasteiger partial charge in [-0.1, -0.05) is 30.3 Å². The molecule has 2 nitrogen and oxygen atoms in total. The van der Waals surface area contributed by atoms with Gasteiger partial charge in [0.1, 0.15) is 6.29 Å². The third-order valence-electron chi connectivity index (χ3n) is 2.52. The summed E-state index contributed by atoms with van der Waals surface area (Å²) in [5.74, 6) is 0. The lowest BCUT2D eigenvalue weighted by Crippen LogP contribution is -2.39. The average molecular weight is 177 g/mol. The Morgan fingerprint density at radius 3 is 2.15 bits per heavy atom. The van der Waals surface area contributed by atoms with Crippen LogP contribution in [0, 0.1) is 0 Å². The van der Waals surface area contributed by atoms with E-state index in [1.807, 2.05) is 56.3 Å². The van der Waals surface area contributed by atoms with Crippen LogP contribution in [0.5, 0.6) is 0 Å². The van der Waals surface area contributed by atoms with Gasteiger partial charge in [-0.2, -0.15) is 0 Å². The zero-order valence-electron chi connectivity index (χ0n) is 8.32. The monoisotopic (exact) mass is 177 g/mol. The maximum atomic E-state index is 11.0. The molecular weight excluding hydrogens is 162 g/mol. The van der Waals surface area contributed by atoms with Crippen LogP contribution in [0.2, 0.25) is 0 Å². The highest BCUT2D eigenvalue weighted by Gasteiger charge is 2.27. The van der Waals surface area contributed by atoms with Gasteiger partial charge in [0.25, 0.3) is 0 Å². The number of aldehydes is 1. The standard InChI is InChI=1S/C11H15NO/c1-11(9-13,12(2)3)10-7-5-4-6-8-10/h4-9H,1-3H3/t11-/m1/s1. The molecule has 0 fully saturated rings. The fourth-order valence-electron chi connectivity index (χ4n) is 1.21. The Labute approximate surface area is 79.2 Å². The second-order valence-electron chi connectivity index (χ2n) is 3.53. The molecule has 0 N–H and O–H groups in total. The average Bonchev–Trinajstić information content (AvgIpc) is 2.17. The van der Waals surface area contributed by atoms with E-state index in [4.69, 9.17) is 0 Å². The Hall–Kier alpha value is -1.15. The summed E-state index contributed by atoms with van der Waals surface area (Å²) < 4.78 is 0. The number of hydrogen-bond donors (Lipinski definition) is 0. The molecule has 1 atom stereocenters. The van der Waals surface area contributed by atoms with E-state index in [1.165, 1.54) is 0 Å².